The van der Waals surface area contributed by atoms with Crippen molar-refractivity contribution in [1.29, 1.82) is 0 Å². The molecule has 1 aromatic carbocycles. The van der Waals surface area contributed by atoms with Gasteiger partial charge in [0.2, 0.25) is 5.95 Å². The fraction of sp³-hybridized carbons (Fsp3) is 0.357. The van der Waals surface area contributed by atoms with Crippen LogP contribution < -0.4 is 10.6 Å². The van der Waals surface area contributed by atoms with Crippen molar-refractivity contribution in [2.75, 3.05) is 10.6 Å². The van der Waals surface area contributed by atoms with Gasteiger partial charge in [0.15, 0.2) is 5.82 Å². The van der Waals surface area contributed by atoms with Gasteiger partial charge in [-0.3, -0.25) is 0 Å². The summed E-state index contributed by atoms with van der Waals surface area (Å²) in [7, 11) is 0. The van der Waals surface area contributed by atoms with Crippen LogP contribution in [0.4, 0.5) is 30.6 Å². The summed E-state index contributed by atoms with van der Waals surface area (Å²) in [6, 6.07) is 5.13. The molecule has 0 radical (unpaired) electrons. The number of hydrogen-bond acceptors (Lipinski definition) is 5. The molecule has 0 aliphatic rings. The largest absolute Gasteiger partial charge is 0.418 e. The normalized spacial score (nSPS) is 12.1. The topological polar surface area (TPSA) is 62.7 Å². The molecule has 0 saturated carbocycles. The number of nitrogens with one attached hydrogen (secondary N) is 2. The Bertz CT molecular complexity index is 649. The van der Waals surface area contributed by atoms with Crippen LogP contribution in [0.15, 0.2) is 30.5 Å². The molecule has 2 aromatic rings. The minimum Gasteiger partial charge on any atom is -0.364 e. The van der Waals surface area contributed by atoms with Crippen LogP contribution >= 0.6 is 0 Å². The quantitative estimate of drug-likeness (QED) is 0.901. The molecule has 0 saturated heterocycles. The summed E-state index contributed by atoms with van der Waals surface area (Å²) in [4.78, 5) is 4.11. The lowest BCUT2D eigenvalue weighted by atomic mass is 10.1. The predicted molar refractivity (Wildman–Crippen MR) is 77.9 cm³/mol. The first-order valence-corrected chi connectivity index (χ1v) is 6.56. The van der Waals surface area contributed by atoms with Crippen molar-refractivity contribution in [3.63, 3.8) is 0 Å². The number of alkyl halides is 3. The van der Waals surface area contributed by atoms with Gasteiger partial charge >= 0.3 is 6.18 Å². The van der Waals surface area contributed by atoms with Crippen molar-refractivity contribution in [3.8, 4) is 0 Å². The van der Waals surface area contributed by atoms with Gasteiger partial charge in [-0.15, -0.1) is 5.10 Å². The third-order valence-corrected chi connectivity index (χ3v) is 2.54. The van der Waals surface area contributed by atoms with Crippen LogP contribution in [0.2, 0.25) is 0 Å². The van der Waals surface area contributed by atoms with E-state index < -0.39 is 11.7 Å². The number of nitrogens with zero attached hydrogens (tertiary/aromatic N) is 3. The number of rotatable bonds is 3. The first-order valence-electron chi connectivity index (χ1n) is 6.56. The van der Waals surface area contributed by atoms with Crippen LogP contribution in [0.1, 0.15) is 26.3 Å². The Balaban J connectivity index is 2.27. The lowest BCUT2D eigenvalue weighted by molar-refractivity contribution is -0.136. The van der Waals surface area contributed by atoms with Crippen molar-refractivity contribution >= 4 is 17.5 Å². The molecule has 8 heteroatoms. The van der Waals surface area contributed by atoms with Crippen LogP contribution in [0.5, 0.6) is 0 Å². The minimum absolute atomic E-state index is 0.00838. The fourth-order valence-corrected chi connectivity index (χ4v) is 1.76. The van der Waals surface area contributed by atoms with Crippen molar-refractivity contribution in [2.24, 2.45) is 0 Å². The van der Waals surface area contributed by atoms with E-state index in [0.29, 0.717) is 5.82 Å². The summed E-state index contributed by atoms with van der Waals surface area (Å²) in [5, 5.41) is 13.1. The second-order valence-corrected chi connectivity index (χ2v) is 5.71. The van der Waals surface area contributed by atoms with E-state index in [1.54, 1.807) is 0 Å². The number of benzene rings is 1. The fourth-order valence-electron chi connectivity index (χ4n) is 1.76. The number of anilines is 3. The molecule has 2 rings (SSSR count). The molecule has 1 aromatic heterocycles. The molecule has 0 atom stereocenters. The molecule has 0 unspecified atom stereocenters. The highest BCUT2D eigenvalue weighted by atomic mass is 19.4. The minimum atomic E-state index is -4.46. The van der Waals surface area contributed by atoms with Crippen molar-refractivity contribution in [1.82, 2.24) is 15.2 Å². The van der Waals surface area contributed by atoms with Gasteiger partial charge in [-0.1, -0.05) is 12.1 Å². The van der Waals surface area contributed by atoms with Gasteiger partial charge in [0.25, 0.3) is 0 Å². The van der Waals surface area contributed by atoms with Crippen molar-refractivity contribution in [2.45, 2.75) is 32.5 Å². The van der Waals surface area contributed by atoms with Gasteiger partial charge in [0, 0.05) is 5.54 Å². The van der Waals surface area contributed by atoms with Crippen LogP contribution in [0.3, 0.4) is 0 Å². The summed E-state index contributed by atoms with van der Waals surface area (Å²) in [5.74, 6) is 0.417. The van der Waals surface area contributed by atoms with E-state index in [9.17, 15) is 13.2 Å². The highest BCUT2D eigenvalue weighted by Crippen LogP contribution is 2.35. The molecular weight excluding hydrogens is 295 g/mol. The number of para-hydroxylation sites is 1. The van der Waals surface area contributed by atoms with Gasteiger partial charge in [0.1, 0.15) is 0 Å². The Hall–Kier alpha value is -2.38. The summed E-state index contributed by atoms with van der Waals surface area (Å²) >= 11 is 0. The second-order valence-electron chi connectivity index (χ2n) is 5.71. The maximum atomic E-state index is 12.9. The highest BCUT2D eigenvalue weighted by molar-refractivity contribution is 5.60. The average Bonchev–Trinajstić information content (AvgIpc) is 2.36. The molecule has 118 valence electrons. The summed E-state index contributed by atoms with van der Waals surface area (Å²) < 4.78 is 38.8. The Morgan fingerprint density at radius 3 is 2.36 bits per heavy atom. The lowest BCUT2D eigenvalue weighted by Gasteiger charge is -2.21. The summed E-state index contributed by atoms with van der Waals surface area (Å²) in [5.41, 5.74) is -1.16. The zero-order valence-corrected chi connectivity index (χ0v) is 12.4. The van der Waals surface area contributed by atoms with E-state index in [4.69, 9.17) is 0 Å². The Morgan fingerprint density at radius 2 is 1.73 bits per heavy atom. The monoisotopic (exact) mass is 311 g/mol. The summed E-state index contributed by atoms with van der Waals surface area (Å²) in [6.07, 6.45) is -3.05. The predicted octanol–water partition coefficient (Wildman–Crippen LogP) is 3.84. The lowest BCUT2D eigenvalue weighted by Crippen LogP contribution is -2.27. The zero-order chi connectivity index (χ0) is 16.4. The third-order valence-electron chi connectivity index (χ3n) is 2.54. The van der Waals surface area contributed by atoms with E-state index in [0.717, 1.165) is 6.07 Å². The molecule has 0 amide bonds. The molecule has 2 N–H and O–H groups in total. The Labute approximate surface area is 126 Å². The van der Waals surface area contributed by atoms with E-state index in [-0.39, 0.29) is 17.2 Å². The van der Waals surface area contributed by atoms with Gasteiger partial charge in [-0.05, 0) is 32.9 Å². The summed E-state index contributed by atoms with van der Waals surface area (Å²) in [6.45, 7) is 5.80. The smallest absolute Gasteiger partial charge is 0.364 e. The Morgan fingerprint density at radius 1 is 1.05 bits per heavy atom. The molecule has 5 nitrogen and oxygen atoms in total. The average molecular weight is 311 g/mol. The molecule has 22 heavy (non-hydrogen) atoms. The van der Waals surface area contributed by atoms with E-state index >= 15 is 0 Å². The molecular formula is C14H16F3N5. The molecule has 1 heterocycles. The van der Waals surface area contributed by atoms with Gasteiger partial charge in [0.05, 0.1) is 17.4 Å². The third kappa shape index (κ3) is 4.31. The first kappa shape index (κ1) is 16.0. The number of hydrogen-bond donors (Lipinski definition) is 2. The van der Waals surface area contributed by atoms with Crippen LogP contribution in [-0.4, -0.2) is 20.7 Å². The van der Waals surface area contributed by atoms with Crippen LogP contribution in [0.25, 0.3) is 0 Å². The number of aromatic nitrogens is 3. The SMILES string of the molecule is CC(C)(C)Nc1cnnc(Nc2ccccc2C(F)(F)F)n1. The molecule has 0 spiro atoms. The standard InChI is InChI=1S/C14H16F3N5/c1-13(2,3)21-11-8-18-22-12(20-11)19-10-7-5-4-6-9(10)14(15,16)17/h4-8H,1-3H3,(H2,19,20,21,22). The van der Waals surface area contributed by atoms with E-state index in [1.165, 1.54) is 24.4 Å². The zero-order valence-electron chi connectivity index (χ0n) is 12.4. The van der Waals surface area contributed by atoms with Crippen LogP contribution in [0, 0.1) is 0 Å². The van der Waals surface area contributed by atoms with E-state index in [2.05, 4.69) is 25.8 Å². The van der Waals surface area contributed by atoms with Crippen molar-refractivity contribution < 1.29 is 13.2 Å². The first-order chi connectivity index (χ1) is 10.1. The van der Waals surface area contributed by atoms with Crippen LogP contribution in [-0.2, 0) is 6.18 Å². The van der Waals surface area contributed by atoms with Gasteiger partial charge < -0.3 is 10.6 Å². The van der Waals surface area contributed by atoms with Gasteiger partial charge in [-0.25, -0.2) is 0 Å². The number of halogens is 3. The molecule has 0 aliphatic heterocycles. The molecule has 0 bridgehead atoms. The Kier molecular flexibility index (Phi) is 4.20. The highest BCUT2D eigenvalue weighted by Gasteiger charge is 2.33. The van der Waals surface area contributed by atoms with E-state index in [1.807, 2.05) is 20.8 Å². The molecule has 0 fully saturated rings. The van der Waals surface area contributed by atoms with Gasteiger partial charge in [-0.2, -0.15) is 23.3 Å². The molecule has 0 aliphatic carbocycles. The second kappa shape index (κ2) is 5.78. The maximum Gasteiger partial charge on any atom is 0.418 e. The maximum absolute atomic E-state index is 12.9. The van der Waals surface area contributed by atoms with Crippen molar-refractivity contribution in [3.05, 3.63) is 36.0 Å².